The molecule has 0 radical (unpaired) electrons. The van der Waals surface area contributed by atoms with Crippen LogP contribution in [-0.2, 0) is 0 Å². The number of benzene rings is 1. The van der Waals surface area contributed by atoms with Gasteiger partial charge in [0.15, 0.2) is 0 Å². The summed E-state index contributed by atoms with van der Waals surface area (Å²) < 4.78 is 0.884. The summed E-state index contributed by atoms with van der Waals surface area (Å²) in [4.78, 5) is 4.07. The third-order valence-corrected chi connectivity index (χ3v) is 3.12. The van der Waals surface area contributed by atoms with E-state index >= 15 is 0 Å². The van der Waals surface area contributed by atoms with Gasteiger partial charge in [0.05, 0.1) is 22.3 Å². The van der Waals surface area contributed by atoms with Crippen molar-refractivity contribution >= 4 is 50.6 Å². The molecular formula is C12H6BrCl2N3. The van der Waals surface area contributed by atoms with Crippen molar-refractivity contribution in [2.24, 2.45) is 0 Å². The first-order valence-corrected chi connectivity index (χ1v) is 6.43. The molecule has 0 saturated heterocycles. The van der Waals surface area contributed by atoms with Crippen LogP contribution in [0.4, 0.5) is 11.5 Å². The fourth-order valence-electron chi connectivity index (χ4n) is 1.35. The SMILES string of the molecule is N#Cc1cc(Cl)nc(Nc2ccc(Br)cc2Cl)c1. The molecule has 0 fully saturated rings. The van der Waals surface area contributed by atoms with Crippen LogP contribution in [0.2, 0.25) is 10.2 Å². The van der Waals surface area contributed by atoms with Crippen molar-refractivity contribution in [3.8, 4) is 6.07 Å². The molecule has 6 heteroatoms. The first-order valence-electron chi connectivity index (χ1n) is 4.88. The molecule has 0 aliphatic carbocycles. The van der Waals surface area contributed by atoms with Gasteiger partial charge in [-0.15, -0.1) is 0 Å². The minimum absolute atomic E-state index is 0.254. The maximum Gasteiger partial charge on any atom is 0.133 e. The summed E-state index contributed by atoms with van der Waals surface area (Å²) in [5.41, 5.74) is 1.13. The smallest absolute Gasteiger partial charge is 0.133 e. The van der Waals surface area contributed by atoms with Gasteiger partial charge in [0, 0.05) is 4.47 Å². The number of hydrogen-bond donors (Lipinski definition) is 1. The highest BCUT2D eigenvalue weighted by molar-refractivity contribution is 9.10. The summed E-state index contributed by atoms with van der Waals surface area (Å²) in [5, 5.41) is 12.7. The van der Waals surface area contributed by atoms with E-state index in [9.17, 15) is 0 Å². The number of hydrogen-bond acceptors (Lipinski definition) is 3. The van der Waals surface area contributed by atoms with Gasteiger partial charge in [-0.2, -0.15) is 5.26 Å². The lowest BCUT2D eigenvalue weighted by atomic mass is 10.2. The van der Waals surface area contributed by atoms with Crippen molar-refractivity contribution < 1.29 is 0 Å². The lowest BCUT2D eigenvalue weighted by molar-refractivity contribution is 1.29. The highest BCUT2D eigenvalue weighted by atomic mass is 79.9. The number of anilines is 2. The quantitative estimate of drug-likeness (QED) is 0.800. The number of aromatic nitrogens is 1. The number of nitrogens with one attached hydrogen (secondary N) is 1. The Morgan fingerprint density at radius 1 is 1.22 bits per heavy atom. The predicted octanol–water partition coefficient (Wildman–Crippen LogP) is 4.77. The Balaban J connectivity index is 2.34. The Morgan fingerprint density at radius 3 is 2.67 bits per heavy atom. The summed E-state index contributed by atoms with van der Waals surface area (Å²) in [7, 11) is 0. The summed E-state index contributed by atoms with van der Waals surface area (Å²) >= 11 is 15.2. The molecule has 0 aliphatic heterocycles. The van der Waals surface area contributed by atoms with Crippen LogP contribution in [0.1, 0.15) is 5.56 Å². The van der Waals surface area contributed by atoms with Crippen molar-refractivity contribution in [1.29, 1.82) is 5.26 Å². The lowest BCUT2D eigenvalue weighted by Crippen LogP contribution is -1.95. The van der Waals surface area contributed by atoms with E-state index in [0.29, 0.717) is 22.1 Å². The first kappa shape index (κ1) is 13.2. The Kier molecular flexibility index (Phi) is 4.07. The van der Waals surface area contributed by atoms with Gasteiger partial charge in [-0.25, -0.2) is 4.98 Å². The Bertz CT molecular complexity index is 638. The normalized spacial score (nSPS) is 9.89. The van der Waals surface area contributed by atoms with E-state index in [1.165, 1.54) is 6.07 Å². The van der Waals surface area contributed by atoms with E-state index in [2.05, 4.69) is 26.2 Å². The van der Waals surface area contributed by atoms with Crippen molar-refractivity contribution in [3.63, 3.8) is 0 Å². The Hall–Kier alpha value is -1.28. The number of nitrogens with zero attached hydrogens (tertiary/aromatic N) is 2. The molecule has 0 saturated carbocycles. The van der Waals surface area contributed by atoms with Crippen LogP contribution in [0.15, 0.2) is 34.8 Å². The van der Waals surface area contributed by atoms with E-state index in [-0.39, 0.29) is 5.15 Å². The van der Waals surface area contributed by atoms with Gasteiger partial charge >= 0.3 is 0 Å². The van der Waals surface area contributed by atoms with Crippen LogP contribution < -0.4 is 5.32 Å². The topological polar surface area (TPSA) is 48.7 Å². The molecule has 1 aromatic heterocycles. The molecule has 90 valence electrons. The average Bonchev–Trinajstić information content (AvgIpc) is 2.32. The van der Waals surface area contributed by atoms with Crippen LogP contribution >= 0.6 is 39.1 Å². The second kappa shape index (κ2) is 5.57. The molecule has 18 heavy (non-hydrogen) atoms. The van der Waals surface area contributed by atoms with Gasteiger partial charge in [-0.1, -0.05) is 39.1 Å². The van der Waals surface area contributed by atoms with Gasteiger partial charge in [-0.3, -0.25) is 0 Å². The van der Waals surface area contributed by atoms with E-state index < -0.39 is 0 Å². The first-order chi connectivity index (χ1) is 8.58. The monoisotopic (exact) mass is 341 g/mol. The van der Waals surface area contributed by atoms with Crippen LogP contribution in [0.3, 0.4) is 0 Å². The molecule has 1 aromatic carbocycles. The largest absolute Gasteiger partial charge is 0.339 e. The average molecular weight is 343 g/mol. The number of rotatable bonds is 2. The highest BCUT2D eigenvalue weighted by Crippen LogP contribution is 2.28. The van der Waals surface area contributed by atoms with Crippen molar-refractivity contribution in [3.05, 3.63) is 50.5 Å². The van der Waals surface area contributed by atoms with Crippen LogP contribution in [0.25, 0.3) is 0 Å². The van der Waals surface area contributed by atoms with Crippen LogP contribution in [0, 0.1) is 11.3 Å². The third-order valence-electron chi connectivity index (χ3n) is 2.12. The molecule has 0 spiro atoms. The Labute approximate surface area is 122 Å². The zero-order chi connectivity index (χ0) is 13.1. The second-order valence-electron chi connectivity index (χ2n) is 3.42. The predicted molar refractivity (Wildman–Crippen MR) is 76.4 cm³/mol. The molecule has 1 N–H and O–H groups in total. The van der Waals surface area contributed by atoms with Crippen LogP contribution in [-0.4, -0.2) is 4.98 Å². The fourth-order valence-corrected chi connectivity index (χ4v) is 2.28. The van der Waals surface area contributed by atoms with E-state index in [1.807, 2.05) is 12.1 Å². The highest BCUT2D eigenvalue weighted by Gasteiger charge is 2.05. The van der Waals surface area contributed by atoms with E-state index in [1.54, 1.807) is 18.2 Å². The van der Waals surface area contributed by atoms with E-state index in [4.69, 9.17) is 28.5 Å². The van der Waals surface area contributed by atoms with Crippen molar-refractivity contribution in [2.75, 3.05) is 5.32 Å². The molecule has 0 bridgehead atoms. The van der Waals surface area contributed by atoms with Gasteiger partial charge in [0.2, 0.25) is 0 Å². The van der Waals surface area contributed by atoms with Crippen LogP contribution in [0.5, 0.6) is 0 Å². The lowest BCUT2D eigenvalue weighted by Gasteiger charge is -2.08. The van der Waals surface area contributed by atoms with Crippen molar-refractivity contribution in [2.45, 2.75) is 0 Å². The van der Waals surface area contributed by atoms with Gasteiger partial charge in [-0.05, 0) is 30.3 Å². The molecule has 0 atom stereocenters. The molecule has 0 unspecified atom stereocenters. The van der Waals surface area contributed by atoms with Crippen molar-refractivity contribution in [1.82, 2.24) is 4.98 Å². The maximum absolute atomic E-state index is 8.85. The zero-order valence-electron chi connectivity index (χ0n) is 8.92. The molecule has 0 aliphatic rings. The fraction of sp³-hybridized carbons (Fsp3) is 0. The summed E-state index contributed by atoms with van der Waals surface area (Å²) in [6.45, 7) is 0. The molecule has 2 aromatic rings. The number of halogens is 3. The molecule has 3 nitrogen and oxygen atoms in total. The molecule has 1 heterocycles. The van der Waals surface area contributed by atoms with Gasteiger partial charge in [0.25, 0.3) is 0 Å². The Morgan fingerprint density at radius 2 is 2.00 bits per heavy atom. The molecule has 0 amide bonds. The van der Waals surface area contributed by atoms with E-state index in [0.717, 1.165) is 4.47 Å². The third kappa shape index (κ3) is 3.14. The minimum atomic E-state index is 0.254. The second-order valence-corrected chi connectivity index (χ2v) is 5.13. The number of nitriles is 1. The molecule has 2 rings (SSSR count). The van der Waals surface area contributed by atoms with Gasteiger partial charge < -0.3 is 5.32 Å². The standard InChI is InChI=1S/C12H6BrCl2N3/c13-8-1-2-10(9(14)5-8)17-12-4-7(6-16)3-11(15)18-12/h1-5H,(H,17,18). The summed E-state index contributed by atoms with van der Waals surface area (Å²) in [5.74, 6) is 0.475. The summed E-state index contributed by atoms with van der Waals surface area (Å²) in [6.07, 6.45) is 0. The molecular weight excluding hydrogens is 337 g/mol. The zero-order valence-corrected chi connectivity index (χ0v) is 12.0. The minimum Gasteiger partial charge on any atom is -0.339 e. The van der Waals surface area contributed by atoms with Gasteiger partial charge in [0.1, 0.15) is 11.0 Å². The summed E-state index contributed by atoms with van der Waals surface area (Å²) in [6, 6.07) is 10.5. The maximum atomic E-state index is 8.85. The number of pyridine rings is 1.